The molecule has 1 amide bonds. The van der Waals surface area contributed by atoms with Gasteiger partial charge in [0.05, 0.1) is 6.61 Å². The van der Waals surface area contributed by atoms with Crippen molar-refractivity contribution in [1.29, 1.82) is 0 Å². The number of anilines is 2. The van der Waals surface area contributed by atoms with Gasteiger partial charge < -0.3 is 20.7 Å². The highest BCUT2D eigenvalue weighted by Gasteiger charge is 2.28. The van der Waals surface area contributed by atoms with Crippen LogP contribution in [0.1, 0.15) is 19.8 Å². The lowest BCUT2D eigenvalue weighted by Crippen LogP contribution is -2.30. The Hall–Kier alpha value is -2.12. The first-order valence-corrected chi connectivity index (χ1v) is 6.81. The molecule has 8 heteroatoms. The largest absolute Gasteiger partial charge is 0.464 e. The Morgan fingerprint density at radius 2 is 2.00 bits per heavy atom. The van der Waals surface area contributed by atoms with Crippen molar-refractivity contribution >= 4 is 17.8 Å². The van der Waals surface area contributed by atoms with Crippen LogP contribution in [0.3, 0.4) is 0 Å². The summed E-state index contributed by atoms with van der Waals surface area (Å²) in [6, 6.07) is 0.274. The predicted molar refractivity (Wildman–Crippen MR) is 74.8 cm³/mol. The maximum absolute atomic E-state index is 11.4. The van der Waals surface area contributed by atoms with Gasteiger partial charge in [0.25, 0.3) is 0 Å². The summed E-state index contributed by atoms with van der Waals surface area (Å²) in [6.45, 7) is 3.45. The molecule has 0 unspecified atom stereocenters. The van der Waals surface area contributed by atoms with Crippen molar-refractivity contribution in [2.45, 2.75) is 19.8 Å². The lowest BCUT2D eigenvalue weighted by atomic mass is 10.4. The number of ether oxygens (including phenoxy) is 1. The Balaban J connectivity index is 1.81. The van der Waals surface area contributed by atoms with Crippen molar-refractivity contribution in [3.63, 3.8) is 0 Å². The lowest BCUT2D eigenvalue weighted by Gasteiger charge is -2.09. The molecule has 8 nitrogen and oxygen atoms in total. The summed E-state index contributed by atoms with van der Waals surface area (Å²) >= 11 is 0. The van der Waals surface area contributed by atoms with Crippen LogP contribution in [0.2, 0.25) is 0 Å². The number of rotatable bonds is 8. The van der Waals surface area contributed by atoms with Gasteiger partial charge in [0.1, 0.15) is 0 Å². The molecule has 3 N–H and O–H groups in total. The smallest absolute Gasteiger partial charge is 0.323 e. The summed E-state index contributed by atoms with van der Waals surface area (Å²) in [5.74, 6) is 1.22. The minimum atomic E-state index is 0.133. The standard InChI is InChI=1S/C12H20N6O2/c1-3-20-12-17-10(13-2)16-11(18-12)15-7-6-14-9(19)8-4-5-8/h8H,3-7H2,1-2H3,(H,14,19)(H2,13,15,16,17,18). The molecule has 1 saturated carbocycles. The summed E-state index contributed by atoms with van der Waals surface area (Å²) in [6.07, 6.45) is 2.02. The van der Waals surface area contributed by atoms with Crippen LogP contribution in [0.15, 0.2) is 0 Å². The summed E-state index contributed by atoms with van der Waals surface area (Å²) in [5.41, 5.74) is 0. The van der Waals surface area contributed by atoms with Crippen molar-refractivity contribution in [2.75, 3.05) is 37.4 Å². The fourth-order valence-electron chi connectivity index (χ4n) is 1.59. The molecule has 110 valence electrons. The van der Waals surface area contributed by atoms with Gasteiger partial charge in [-0.3, -0.25) is 4.79 Å². The van der Waals surface area contributed by atoms with E-state index in [-0.39, 0.29) is 17.8 Å². The molecule has 0 bridgehead atoms. The number of nitrogens with zero attached hydrogens (tertiary/aromatic N) is 3. The van der Waals surface area contributed by atoms with Gasteiger partial charge in [-0.15, -0.1) is 0 Å². The summed E-state index contributed by atoms with van der Waals surface area (Å²) in [5, 5.41) is 8.75. The Labute approximate surface area is 117 Å². The van der Waals surface area contributed by atoms with Crippen molar-refractivity contribution in [1.82, 2.24) is 20.3 Å². The van der Waals surface area contributed by atoms with Gasteiger partial charge in [0, 0.05) is 26.1 Å². The number of amides is 1. The minimum Gasteiger partial charge on any atom is -0.464 e. The average molecular weight is 280 g/mol. The van der Waals surface area contributed by atoms with Gasteiger partial charge in [-0.25, -0.2) is 0 Å². The highest BCUT2D eigenvalue weighted by Crippen LogP contribution is 2.28. The van der Waals surface area contributed by atoms with E-state index in [1.165, 1.54) is 0 Å². The fourth-order valence-corrected chi connectivity index (χ4v) is 1.59. The SMILES string of the molecule is CCOc1nc(NC)nc(NCCNC(=O)C2CC2)n1. The zero-order valence-corrected chi connectivity index (χ0v) is 11.8. The molecule has 2 rings (SSSR count). The van der Waals surface area contributed by atoms with Crippen LogP contribution in [0, 0.1) is 5.92 Å². The molecule has 1 fully saturated rings. The van der Waals surface area contributed by atoms with Gasteiger partial charge in [0.15, 0.2) is 0 Å². The molecule has 1 aliphatic carbocycles. The van der Waals surface area contributed by atoms with E-state index in [9.17, 15) is 4.79 Å². The van der Waals surface area contributed by atoms with E-state index in [1.807, 2.05) is 6.92 Å². The normalized spacial score (nSPS) is 13.7. The second kappa shape index (κ2) is 6.88. The number of carbonyl (C=O) groups is 1. The third-order valence-electron chi connectivity index (χ3n) is 2.77. The average Bonchev–Trinajstić information content (AvgIpc) is 3.28. The quantitative estimate of drug-likeness (QED) is 0.587. The molecule has 1 aromatic rings. The second-order valence-corrected chi connectivity index (χ2v) is 4.44. The summed E-state index contributed by atoms with van der Waals surface area (Å²) in [7, 11) is 1.73. The van der Waals surface area contributed by atoms with E-state index in [2.05, 4.69) is 30.9 Å². The molecule has 0 saturated heterocycles. The van der Waals surface area contributed by atoms with Crippen LogP contribution < -0.4 is 20.7 Å². The van der Waals surface area contributed by atoms with Gasteiger partial charge in [0.2, 0.25) is 17.8 Å². The first-order chi connectivity index (χ1) is 9.72. The Morgan fingerprint density at radius 1 is 1.25 bits per heavy atom. The van der Waals surface area contributed by atoms with E-state index < -0.39 is 0 Å². The molecule has 0 radical (unpaired) electrons. The van der Waals surface area contributed by atoms with Crippen LogP contribution in [0.5, 0.6) is 6.01 Å². The molecular weight excluding hydrogens is 260 g/mol. The van der Waals surface area contributed by atoms with Crippen molar-refractivity contribution in [3.8, 4) is 6.01 Å². The third kappa shape index (κ3) is 4.22. The van der Waals surface area contributed by atoms with E-state index >= 15 is 0 Å². The van der Waals surface area contributed by atoms with Gasteiger partial charge >= 0.3 is 6.01 Å². The Kier molecular flexibility index (Phi) is 4.91. The highest BCUT2D eigenvalue weighted by molar-refractivity contribution is 5.80. The fraction of sp³-hybridized carbons (Fsp3) is 0.667. The Morgan fingerprint density at radius 3 is 2.65 bits per heavy atom. The number of hydrogen-bond acceptors (Lipinski definition) is 7. The monoisotopic (exact) mass is 280 g/mol. The number of hydrogen-bond donors (Lipinski definition) is 3. The number of aromatic nitrogens is 3. The molecule has 20 heavy (non-hydrogen) atoms. The molecule has 1 aliphatic rings. The van der Waals surface area contributed by atoms with Crippen molar-refractivity contribution in [3.05, 3.63) is 0 Å². The summed E-state index contributed by atoms with van der Waals surface area (Å²) < 4.78 is 5.26. The molecule has 0 spiro atoms. The van der Waals surface area contributed by atoms with Gasteiger partial charge in [-0.1, -0.05) is 0 Å². The van der Waals surface area contributed by atoms with Crippen molar-refractivity contribution < 1.29 is 9.53 Å². The van der Waals surface area contributed by atoms with E-state index in [4.69, 9.17) is 4.74 Å². The molecular formula is C12H20N6O2. The minimum absolute atomic E-state index is 0.133. The molecule has 0 aliphatic heterocycles. The topological polar surface area (TPSA) is 101 Å². The number of nitrogens with one attached hydrogen (secondary N) is 3. The summed E-state index contributed by atoms with van der Waals surface area (Å²) in [4.78, 5) is 23.8. The van der Waals surface area contributed by atoms with E-state index in [0.717, 1.165) is 12.8 Å². The predicted octanol–water partition coefficient (Wildman–Crippen LogP) is 0.250. The Bertz CT molecular complexity index is 463. The maximum atomic E-state index is 11.4. The van der Waals surface area contributed by atoms with Crippen LogP contribution in [0.25, 0.3) is 0 Å². The second-order valence-electron chi connectivity index (χ2n) is 4.44. The molecule has 1 heterocycles. The molecule has 1 aromatic heterocycles. The zero-order chi connectivity index (χ0) is 14.4. The van der Waals surface area contributed by atoms with Gasteiger partial charge in [-0.2, -0.15) is 15.0 Å². The molecule has 0 atom stereocenters. The van der Waals surface area contributed by atoms with Crippen LogP contribution >= 0.6 is 0 Å². The first-order valence-electron chi connectivity index (χ1n) is 6.81. The van der Waals surface area contributed by atoms with Gasteiger partial charge in [-0.05, 0) is 19.8 Å². The van der Waals surface area contributed by atoms with Crippen LogP contribution in [-0.4, -0.2) is 47.6 Å². The third-order valence-corrected chi connectivity index (χ3v) is 2.77. The number of carbonyl (C=O) groups excluding carboxylic acids is 1. The van der Waals surface area contributed by atoms with E-state index in [0.29, 0.717) is 31.6 Å². The first kappa shape index (κ1) is 14.3. The van der Waals surface area contributed by atoms with Crippen molar-refractivity contribution in [2.24, 2.45) is 5.92 Å². The molecule has 0 aromatic carbocycles. The highest BCUT2D eigenvalue weighted by atomic mass is 16.5. The lowest BCUT2D eigenvalue weighted by molar-refractivity contribution is -0.122. The van der Waals surface area contributed by atoms with Crippen LogP contribution in [0.4, 0.5) is 11.9 Å². The van der Waals surface area contributed by atoms with Crippen LogP contribution in [-0.2, 0) is 4.79 Å². The zero-order valence-electron chi connectivity index (χ0n) is 11.8. The maximum Gasteiger partial charge on any atom is 0.323 e. The van der Waals surface area contributed by atoms with E-state index in [1.54, 1.807) is 7.05 Å².